The van der Waals surface area contributed by atoms with Gasteiger partial charge >= 0.3 is 23.4 Å². The summed E-state index contributed by atoms with van der Waals surface area (Å²) in [7, 11) is 0. The Balaban J connectivity index is 0.000000216. The second kappa shape index (κ2) is 20.5. The maximum atomic E-state index is 13.6. The Kier molecular flexibility index (Phi) is 16.3. The van der Waals surface area contributed by atoms with Crippen LogP contribution in [0.4, 0.5) is 24.1 Å². The number of carbonyl (C=O) groups is 2. The van der Waals surface area contributed by atoms with E-state index >= 15 is 0 Å². The molecule has 2 aliphatic heterocycles. The number of fused-ring (bicyclic) bond motifs is 2. The summed E-state index contributed by atoms with van der Waals surface area (Å²) >= 11 is 5.71. The third kappa shape index (κ3) is 14.5. The van der Waals surface area contributed by atoms with E-state index in [4.69, 9.17) is 35.6 Å². The number of anilines is 1. The number of nitrogens with one attached hydrogen (secondary N) is 1. The number of benzene rings is 2. The van der Waals surface area contributed by atoms with E-state index in [1.807, 2.05) is 41.5 Å². The first-order valence-electron chi connectivity index (χ1n) is 19.5. The van der Waals surface area contributed by atoms with Crippen molar-refractivity contribution in [1.29, 1.82) is 0 Å². The lowest BCUT2D eigenvalue weighted by atomic mass is 9.91. The van der Waals surface area contributed by atoms with Gasteiger partial charge in [0.15, 0.2) is 0 Å². The van der Waals surface area contributed by atoms with Crippen molar-refractivity contribution in [2.24, 2.45) is 17.6 Å². The molecule has 0 spiro atoms. The van der Waals surface area contributed by atoms with Gasteiger partial charge in [-0.2, -0.15) is 0 Å². The monoisotopic (exact) mass is 848 g/mol. The average Bonchev–Trinajstić information content (AvgIpc) is 3.16. The van der Waals surface area contributed by atoms with Gasteiger partial charge in [0, 0.05) is 62.2 Å². The highest BCUT2D eigenvalue weighted by Gasteiger charge is 2.31. The summed E-state index contributed by atoms with van der Waals surface area (Å²) in [4.78, 5) is 49.8. The Morgan fingerprint density at radius 1 is 0.763 bits per heavy atom. The molecule has 14 nitrogen and oxygen atoms in total. The number of nitrogens with zero attached hydrogens (tertiary/aromatic N) is 2. The third-order valence-corrected chi connectivity index (χ3v) is 9.89. The predicted molar refractivity (Wildman–Crippen MR) is 221 cm³/mol. The molecule has 2 saturated heterocycles. The predicted octanol–water partition coefficient (Wildman–Crippen LogP) is 6.89. The maximum absolute atomic E-state index is 13.6. The lowest BCUT2D eigenvalue weighted by Gasteiger charge is -2.35. The first-order chi connectivity index (χ1) is 27.6. The van der Waals surface area contributed by atoms with Crippen LogP contribution in [0, 0.1) is 23.5 Å². The van der Waals surface area contributed by atoms with Crippen molar-refractivity contribution in [3.05, 3.63) is 86.0 Å². The normalized spacial score (nSPS) is 16.3. The van der Waals surface area contributed by atoms with E-state index in [0.717, 1.165) is 18.9 Å². The molecule has 0 radical (unpaired) electrons. The summed E-state index contributed by atoms with van der Waals surface area (Å²) in [6.07, 6.45) is 1.14. The number of aliphatic hydroxyl groups is 2. The molecule has 59 heavy (non-hydrogen) atoms. The number of ether oxygens (including phenoxy) is 2. The smallest absolute Gasteiger partial charge is 0.410 e. The number of halogens is 3. The van der Waals surface area contributed by atoms with Crippen molar-refractivity contribution in [3.63, 3.8) is 0 Å². The number of hydrogen-bond acceptors (Lipinski definition) is 12. The number of likely N-dealkylation sites (tertiary alicyclic amines) is 2. The number of hydrogen-bond donors (Lipinski definition) is 4. The maximum Gasteiger partial charge on any atom is 0.410 e. The molecule has 2 aromatic carbocycles. The summed E-state index contributed by atoms with van der Waals surface area (Å²) < 4.78 is 46.9. The summed E-state index contributed by atoms with van der Waals surface area (Å²) in [6, 6.07) is 10.1. The fourth-order valence-electron chi connectivity index (χ4n) is 6.54. The SMILES string of the molecule is CC(C)(C)OC(=O)N1CCC(C(O)CN)CC1.CC(C)(C)OC(=O)N1CCC(C(O)CNc2cc(=O)oc3ccc(F)cc23)CC1.O=c1cc(Cl)c2cc(F)ccc2o1. The number of aliphatic hydroxyl groups excluding tert-OH is 2. The minimum Gasteiger partial charge on any atom is -0.444 e. The molecule has 17 heteroatoms. The number of piperidine rings is 2. The quantitative estimate of drug-likeness (QED) is 0.147. The lowest BCUT2D eigenvalue weighted by molar-refractivity contribution is 0.00857. The molecule has 0 saturated carbocycles. The molecule has 0 bridgehead atoms. The van der Waals surface area contributed by atoms with Crippen LogP contribution < -0.4 is 22.3 Å². The first kappa shape index (κ1) is 46.9. The average molecular weight is 849 g/mol. The van der Waals surface area contributed by atoms with Gasteiger partial charge in [0.25, 0.3) is 0 Å². The Morgan fingerprint density at radius 3 is 1.64 bits per heavy atom. The van der Waals surface area contributed by atoms with Gasteiger partial charge in [-0.05, 0) is 115 Å². The van der Waals surface area contributed by atoms with Crippen LogP contribution in [0.1, 0.15) is 67.2 Å². The van der Waals surface area contributed by atoms with E-state index in [1.165, 1.54) is 42.5 Å². The second-order valence-electron chi connectivity index (χ2n) is 16.5. The number of carbonyl (C=O) groups excluding carboxylic acids is 2. The molecule has 2 amide bonds. The van der Waals surface area contributed by atoms with Gasteiger partial charge in [-0.25, -0.2) is 28.0 Å². The van der Waals surface area contributed by atoms with Gasteiger partial charge in [-0.3, -0.25) is 0 Å². The Hall–Kier alpha value is -4.77. The number of rotatable bonds is 6. The van der Waals surface area contributed by atoms with E-state index in [2.05, 4.69) is 5.32 Å². The molecular weight excluding hydrogens is 794 g/mol. The van der Waals surface area contributed by atoms with Crippen LogP contribution >= 0.6 is 11.6 Å². The molecule has 2 atom stereocenters. The topological polar surface area (TPSA) is 198 Å². The van der Waals surface area contributed by atoms with Crippen LogP contribution in [-0.2, 0) is 9.47 Å². The van der Waals surface area contributed by atoms with E-state index in [1.54, 1.807) is 9.80 Å². The lowest BCUT2D eigenvalue weighted by Crippen LogP contribution is -2.44. The van der Waals surface area contributed by atoms with E-state index < -0.39 is 46.3 Å². The summed E-state index contributed by atoms with van der Waals surface area (Å²) in [5, 5.41) is 24.3. The summed E-state index contributed by atoms with van der Waals surface area (Å²) in [6.45, 7) is 13.8. The highest BCUT2D eigenvalue weighted by Crippen LogP contribution is 2.27. The minimum atomic E-state index is -0.674. The van der Waals surface area contributed by atoms with Crippen LogP contribution in [0.3, 0.4) is 0 Å². The summed E-state index contributed by atoms with van der Waals surface area (Å²) in [5.74, 6) is -0.643. The fraction of sp³-hybridized carbons (Fsp3) is 0.524. The highest BCUT2D eigenvalue weighted by molar-refractivity contribution is 6.35. The van der Waals surface area contributed by atoms with Crippen molar-refractivity contribution in [2.75, 3.05) is 44.6 Å². The molecule has 0 aliphatic carbocycles. The standard InChI is InChI=1S/C21H27FN2O5.C12H24N2O3.C9H4ClFO2/c1-21(2,3)29-20(27)24-8-6-13(7-9-24)17(25)12-23-16-11-19(26)28-18-5-4-14(22)10-15(16)18;1-12(2,3)17-11(16)14-6-4-9(5-7-14)10(15)8-13;10-7-4-9(12)13-8-2-1-5(11)3-6(7)8/h4-5,10-11,13,17,23,25H,6-9,12H2,1-3H3;9-10,15H,4-8,13H2,1-3H3;1-4H. The first-order valence-corrected chi connectivity index (χ1v) is 19.9. The Labute approximate surface area is 346 Å². The number of nitrogens with two attached hydrogens (primary N) is 1. The fourth-order valence-corrected chi connectivity index (χ4v) is 6.78. The van der Waals surface area contributed by atoms with E-state index in [-0.39, 0.29) is 47.7 Å². The van der Waals surface area contributed by atoms with Crippen LogP contribution in [0.2, 0.25) is 5.02 Å². The number of amides is 2. The molecule has 4 aromatic rings. The van der Waals surface area contributed by atoms with Crippen LogP contribution in [0.15, 0.2) is 67.0 Å². The van der Waals surface area contributed by atoms with Crippen molar-refractivity contribution in [1.82, 2.24) is 9.80 Å². The molecular formula is C42H55ClF2N4O10. The van der Waals surface area contributed by atoms with Crippen molar-refractivity contribution in [3.8, 4) is 0 Å². The molecule has 5 N–H and O–H groups in total. The van der Waals surface area contributed by atoms with Crippen molar-refractivity contribution in [2.45, 2.75) is 90.6 Å². The van der Waals surface area contributed by atoms with Gasteiger partial charge in [0.2, 0.25) is 0 Å². The molecule has 2 fully saturated rings. The largest absolute Gasteiger partial charge is 0.444 e. The zero-order chi connectivity index (χ0) is 43.7. The van der Waals surface area contributed by atoms with Gasteiger partial charge in [0.1, 0.15) is 34.0 Å². The van der Waals surface area contributed by atoms with E-state index in [0.29, 0.717) is 61.1 Å². The van der Waals surface area contributed by atoms with Gasteiger partial charge in [-0.1, -0.05) is 11.6 Å². The van der Waals surface area contributed by atoms with Crippen molar-refractivity contribution < 1.29 is 46.9 Å². The van der Waals surface area contributed by atoms with Gasteiger partial charge in [-0.15, -0.1) is 0 Å². The molecule has 2 unspecified atom stereocenters. The van der Waals surface area contributed by atoms with Gasteiger partial charge < -0.3 is 49.4 Å². The van der Waals surface area contributed by atoms with E-state index in [9.17, 15) is 38.2 Å². The zero-order valence-corrected chi connectivity index (χ0v) is 35.0. The molecule has 2 aromatic heterocycles. The Morgan fingerprint density at radius 2 is 1.19 bits per heavy atom. The van der Waals surface area contributed by atoms with Crippen molar-refractivity contribution >= 4 is 51.4 Å². The second-order valence-corrected chi connectivity index (χ2v) is 16.9. The van der Waals surface area contributed by atoms with Gasteiger partial charge in [0.05, 0.1) is 22.9 Å². The highest BCUT2D eigenvalue weighted by atomic mass is 35.5. The van der Waals surface area contributed by atoms with Crippen LogP contribution in [-0.4, -0.2) is 94.9 Å². The van der Waals surface area contributed by atoms with Crippen LogP contribution in [0.25, 0.3) is 21.9 Å². The minimum absolute atomic E-state index is 0.00399. The molecule has 4 heterocycles. The molecule has 2 aliphatic rings. The summed E-state index contributed by atoms with van der Waals surface area (Å²) in [5.41, 5.74) is 4.33. The van der Waals surface area contributed by atoms with Crippen LogP contribution in [0.5, 0.6) is 0 Å². The Bertz CT molecular complexity index is 2150. The molecule has 6 rings (SSSR count). The molecule has 324 valence electrons. The zero-order valence-electron chi connectivity index (χ0n) is 34.3. The third-order valence-electron chi connectivity index (χ3n) is 9.57.